The third kappa shape index (κ3) is 5.26. The molecule has 0 aliphatic carbocycles. The SMILES string of the molecule is Cc1nc(C)c(C(=O)Nc2ccc(F)c(-c3cn4cc(-c5ccc(CCN(C)C)cc5)cnc4n3)c2)o1. The van der Waals surface area contributed by atoms with E-state index in [1.807, 2.05) is 6.20 Å². The number of benzene rings is 2. The molecule has 0 saturated carbocycles. The van der Waals surface area contributed by atoms with E-state index < -0.39 is 11.7 Å². The molecule has 0 bridgehead atoms. The van der Waals surface area contributed by atoms with Crippen LogP contribution in [-0.2, 0) is 6.42 Å². The van der Waals surface area contributed by atoms with Gasteiger partial charge in [-0.05, 0) is 56.8 Å². The van der Waals surface area contributed by atoms with E-state index in [0.717, 1.165) is 24.1 Å². The van der Waals surface area contributed by atoms with Crippen molar-refractivity contribution in [1.82, 2.24) is 24.3 Å². The number of fused-ring (bicyclic) bond motifs is 1. The minimum Gasteiger partial charge on any atom is -0.436 e. The molecule has 0 fully saturated rings. The minimum atomic E-state index is -0.457. The zero-order valence-corrected chi connectivity index (χ0v) is 21.1. The zero-order chi connectivity index (χ0) is 26.1. The highest BCUT2D eigenvalue weighted by Crippen LogP contribution is 2.27. The topological polar surface area (TPSA) is 88.6 Å². The highest BCUT2D eigenvalue weighted by Gasteiger charge is 2.18. The summed E-state index contributed by atoms with van der Waals surface area (Å²) < 4.78 is 21.9. The molecule has 0 aliphatic rings. The Morgan fingerprint density at radius 3 is 2.54 bits per heavy atom. The second-order valence-corrected chi connectivity index (χ2v) is 9.22. The summed E-state index contributed by atoms with van der Waals surface area (Å²) in [6.45, 7) is 4.36. The predicted octanol–water partition coefficient (Wildman–Crippen LogP) is 5.16. The van der Waals surface area contributed by atoms with Crippen molar-refractivity contribution in [3.8, 4) is 22.4 Å². The first-order valence-electron chi connectivity index (χ1n) is 11.9. The standard InChI is InChI=1S/C28H27FN6O2/c1-17-26(37-18(2)31-17)27(36)32-22-9-10-24(29)23(13-22)25-16-35-15-21(14-30-28(35)33-25)20-7-5-19(6-8-20)11-12-34(3)4/h5-10,13-16H,11-12H2,1-4H3,(H,32,36). The minimum absolute atomic E-state index is 0.124. The van der Waals surface area contributed by atoms with E-state index in [9.17, 15) is 9.18 Å². The molecule has 1 N–H and O–H groups in total. The summed E-state index contributed by atoms with van der Waals surface area (Å²) in [6, 6.07) is 12.7. The molecule has 5 rings (SSSR count). The number of anilines is 1. The summed E-state index contributed by atoms with van der Waals surface area (Å²) in [4.78, 5) is 27.9. The molecular formula is C28H27FN6O2. The van der Waals surface area contributed by atoms with Crippen LogP contribution < -0.4 is 5.32 Å². The second-order valence-electron chi connectivity index (χ2n) is 9.22. The Labute approximate surface area is 213 Å². The van der Waals surface area contributed by atoms with Gasteiger partial charge in [-0.25, -0.2) is 19.3 Å². The summed E-state index contributed by atoms with van der Waals surface area (Å²) in [5.74, 6) is 0.0622. The summed E-state index contributed by atoms with van der Waals surface area (Å²) >= 11 is 0. The van der Waals surface area contributed by atoms with Crippen molar-refractivity contribution in [2.24, 2.45) is 0 Å². The number of nitrogens with zero attached hydrogens (tertiary/aromatic N) is 5. The number of hydrogen-bond acceptors (Lipinski definition) is 6. The highest BCUT2D eigenvalue weighted by atomic mass is 19.1. The van der Waals surface area contributed by atoms with E-state index in [-0.39, 0.29) is 11.3 Å². The van der Waals surface area contributed by atoms with Crippen molar-refractivity contribution in [2.75, 3.05) is 26.0 Å². The molecular weight excluding hydrogens is 471 g/mol. The Hall–Kier alpha value is -4.37. The Morgan fingerprint density at radius 1 is 1.05 bits per heavy atom. The molecule has 0 spiro atoms. The molecule has 3 heterocycles. The van der Waals surface area contributed by atoms with Crippen LogP contribution in [0.2, 0.25) is 0 Å². The first-order chi connectivity index (χ1) is 17.8. The Balaban J connectivity index is 1.39. The molecule has 1 amide bonds. The maximum absolute atomic E-state index is 14.8. The monoisotopic (exact) mass is 498 g/mol. The molecule has 9 heteroatoms. The number of amides is 1. The van der Waals surface area contributed by atoms with Crippen molar-refractivity contribution < 1.29 is 13.6 Å². The van der Waals surface area contributed by atoms with Gasteiger partial charge in [0.1, 0.15) is 5.82 Å². The van der Waals surface area contributed by atoms with Crippen LogP contribution in [0, 0.1) is 19.7 Å². The van der Waals surface area contributed by atoms with Crippen LogP contribution in [0.15, 0.2) is 65.5 Å². The van der Waals surface area contributed by atoms with Gasteiger partial charge in [-0.2, -0.15) is 0 Å². The average molecular weight is 499 g/mol. The van der Waals surface area contributed by atoms with Crippen LogP contribution in [0.25, 0.3) is 28.2 Å². The van der Waals surface area contributed by atoms with E-state index >= 15 is 0 Å². The number of oxazole rings is 1. The van der Waals surface area contributed by atoms with Crippen LogP contribution in [0.5, 0.6) is 0 Å². The summed E-state index contributed by atoms with van der Waals surface area (Å²) in [6.07, 6.45) is 6.39. The van der Waals surface area contributed by atoms with Gasteiger partial charge in [0.15, 0.2) is 5.89 Å². The molecule has 0 aliphatic heterocycles. The van der Waals surface area contributed by atoms with Crippen LogP contribution in [0.3, 0.4) is 0 Å². The maximum atomic E-state index is 14.8. The quantitative estimate of drug-likeness (QED) is 0.333. The van der Waals surface area contributed by atoms with E-state index in [1.165, 1.54) is 17.7 Å². The zero-order valence-electron chi connectivity index (χ0n) is 21.1. The van der Waals surface area contributed by atoms with Crippen LogP contribution in [-0.4, -0.2) is 50.8 Å². The number of likely N-dealkylation sites (N-methyl/N-ethyl adjacent to an activating group) is 1. The lowest BCUT2D eigenvalue weighted by Crippen LogP contribution is -2.14. The highest BCUT2D eigenvalue weighted by molar-refractivity contribution is 6.03. The van der Waals surface area contributed by atoms with Gasteiger partial charge in [0.25, 0.3) is 5.91 Å². The van der Waals surface area contributed by atoms with Gasteiger partial charge in [-0.3, -0.25) is 9.20 Å². The molecule has 0 saturated heterocycles. The van der Waals surface area contributed by atoms with E-state index in [4.69, 9.17) is 4.42 Å². The first kappa shape index (κ1) is 24.3. The Morgan fingerprint density at radius 2 is 1.84 bits per heavy atom. The third-order valence-corrected chi connectivity index (χ3v) is 6.05. The third-order valence-electron chi connectivity index (χ3n) is 6.05. The Bertz CT molecular complexity index is 1590. The fourth-order valence-electron chi connectivity index (χ4n) is 4.11. The number of aromatic nitrogens is 4. The molecule has 0 unspecified atom stereocenters. The average Bonchev–Trinajstić information content (AvgIpc) is 3.45. The van der Waals surface area contributed by atoms with Crippen molar-refractivity contribution in [3.63, 3.8) is 0 Å². The summed E-state index contributed by atoms with van der Waals surface area (Å²) in [5, 5.41) is 2.74. The van der Waals surface area contributed by atoms with Gasteiger partial charge in [0.2, 0.25) is 11.5 Å². The summed E-state index contributed by atoms with van der Waals surface area (Å²) in [7, 11) is 4.13. The fourth-order valence-corrected chi connectivity index (χ4v) is 4.11. The second kappa shape index (κ2) is 9.94. The van der Waals surface area contributed by atoms with Gasteiger partial charge >= 0.3 is 0 Å². The van der Waals surface area contributed by atoms with E-state index in [2.05, 4.69) is 63.5 Å². The Kier molecular flexibility index (Phi) is 6.54. The van der Waals surface area contributed by atoms with Crippen molar-refractivity contribution >= 4 is 17.4 Å². The molecule has 3 aromatic heterocycles. The molecule has 5 aromatic rings. The van der Waals surface area contributed by atoms with Gasteiger partial charge in [-0.1, -0.05) is 24.3 Å². The van der Waals surface area contributed by atoms with Crippen molar-refractivity contribution in [2.45, 2.75) is 20.3 Å². The number of aryl methyl sites for hydroxylation is 2. The number of imidazole rings is 1. The lowest BCUT2D eigenvalue weighted by Gasteiger charge is -2.09. The van der Waals surface area contributed by atoms with Crippen molar-refractivity contribution in [1.29, 1.82) is 0 Å². The van der Waals surface area contributed by atoms with Gasteiger partial charge in [0, 0.05) is 48.9 Å². The van der Waals surface area contributed by atoms with Crippen molar-refractivity contribution in [3.05, 3.63) is 89.8 Å². The van der Waals surface area contributed by atoms with E-state index in [1.54, 1.807) is 36.7 Å². The van der Waals surface area contributed by atoms with Gasteiger partial charge in [0.05, 0.1) is 11.4 Å². The van der Waals surface area contributed by atoms with Gasteiger partial charge < -0.3 is 14.6 Å². The molecule has 37 heavy (non-hydrogen) atoms. The molecule has 0 atom stereocenters. The lowest BCUT2D eigenvalue weighted by atomic mass is 10.1. The predicted molar refractivity (Wildman–Crippen MR) is 140 cm³/mol. The van der Waals surface area contributed by atoms with Gasteiger partial charge in [-0.15, -0.1) is 0 Å². The number of halogens is 1. The largest absolute Gasteiger partial charge is 0.436 e. The first-order valence-corrected chi connectivity index (χ1v) is 11.9. The molecule has 2 aromatic carbocycles. The number of nitrogens with one attached hydrogen (secondary N) is 1. The number of carbonyl (C=O) groups excluding carboxylic acids is 1. The molecule has 0 radical (unpaired) electrons. The van der Waals surface area contributed by atoms with Crippen LogP contribution >= 0.6 is 0 Å². The molecule has 188 valence electrons. The van der Waals surface area contributed by atoms with Crippen LogP contribution in [0.1, 0.15) is 27.7 Å². The normalized spacial score (nSPS) is 11.4. The lowest BCUT2D eigenvalue weighted by molar-refractivity contribution is 0.0994. The number of rotatable bonds is 7. The fraction of sp³-hybridized carbons (Fsp3) is 0.214. The molecule has 8 nitrogen and oxygen atoms in total. The van der Waals surface area contributed by atoms with E-state index in [0.29, 0.717) is 28.7 Å². The smallest absolute Gasteiger partial charge is 0.293 e. The number of hydrogen-bond donors (Lipinski definition) is 1. The van der Waals surface area contributed by atoms with Crippen LogP contribution in [0.4, 0.5) is 10.1 Å². The maximum Gasteiger partial charge on any atom is 0.293 e. The number of carbonyl (C=O) groups is 1. The summed E-state index contributed by atoms with van der Waals surface area (Å²) in [5.41, 5.74) is 4.79.